The quantitative estimate of drug-likeness (QED) is 0.202. The number of aromatic nitrogens is 4. The number of para-hydroxylation sites is 2. The number of pyridine rings is 1. The number of benzene rings is 3. The van der Waals surface area contributed by atoms with E-state index < -0.39 is 10.0 Å². The first-order valence-electron chi connectivity index (χ1n) is 12.5. The van der Waals surface area contributed by atoms with Crippen LogP contribution in [-0.2, 0) is 10.0 Å². The van der Waals surface area contributed by atoms with E-state index in [4.69, 9.17) is 14.2 Å². The van der Waals surface area contributed by atoms with E-state index >= 15 is 0 Å². The van der Waals surface area contributed by atoms with Gasteiger partial charge in [0.1, 0.15) is 10.8 Å². The third kappa shape index (κ3) is 5.20. The maximum absolute atomic E-state index is 13.3. The standard InChI is InChI=1S/C30H23N5O4S2/c1-35(26-5-3-4-6-27(26)38-2)41(36,37)24-13-11-22(12-14-24)29-33-28(34-39-29)21-9-7-20(8-10-21)25-19-40-30(32-25)23-15-17-31-18-16-23/h3-19H,1-2H3. The summed E-state index contributed by atoms with van der Waals surface area (Å²) in [6, 6.07) is 24.9. The Morgan fingerprint density at radius 2 is 1.49 bits per heavy atom. The van der Waals surface area contributed by atoms with Gasteiger partial charge in [0.15, 0.2) is 0 Å². The van der Waals surface area contributed by atoms with Crippen molar-refractivity contribution in [3.05, 3.63) is 103 Å². The molecule has 3 aromatic carbocycles. The van der Waals surface area contributed by atoms with Gasteiger partial charge in [0.2, 0.25) is 5.82 Å². The molecule has 0 aliphatic heterocycles. The SMILES string of the molecule is COc1ccccc1N(C)S(=O)(=O)c1ccc(-c2nc(-c3ccc(-c4csc(-c5ccncc5)n4)cc3)no2)cc1. The van der Waals surface area contributed by atoms with E-state index in [1.54, 1.807) is 60.1 Å². The molecule has 0 aliphatic carbocycles. The lowest BCUT2D eigenvalue weighted by molar-refractivity contribution is 0.416. The molecule has 0 radical (unpaired) electrons. The molecule has 9 nitrogen and oxygen atoms in total. The largest absolute Gasteiger partial charge is 0.495 e. The Hall–Kier alpha value is -4.87. The zero-order valence-electron chi connectivity index (χ0n) is 22.0. The molecule has 11 heteroatoms. The Bertz CT molecular complexity index is 1900. The number of methoxy groups -OCH3 is 1. The highest BCUT2D eigenvalue weighted by atomic mass is 32.2. The van der Waals surface area contributed by atoms with Gasteiger partial charge in [-0.2, -0.15) is 4.98 Å². The Morgan fingerprint density at radius 3 is 2.22 bits per heavy atom. The Balaban J connectivity index is 1.18. The van der Waals surface area contributed by atoms with Crippen LogP contribution in [0.25, 0.3) is 44.7 Å². The van der Waals surface area contributed by atoms with E-state index in [0.717, 1.165) is 27.4 Å². The summed E-state index contributed by atoms with van der Waals surface area (Å²) in [6.07, 6.45) is 3.51. The lowest BCUT2D eigenvalue weighted by Crippen LogP contribution is -2.26. The van der Waals surface area contributed by atoms with Crippen LogP contribution in [0.5, 0.6) is 5.75 Å². The van der Waals surface area contributed by atoms with Crippen molar-refractivity contribution in [2.24, 2.45) is 0 Å². The Labute approximate surface area is 240 Å². The van der Waals surface area contributed by atoms with Gasteiger partial charge in [-0.05, 0) is 48.5 Å². The molecule has 0 aliphatic rings. The number of ether oxygens (including phenoxy) is 1. The first kappa shape index (κ1) is 26.4. The van der Waals surface area contributed by atoms with Crippen LogP contribution in [0.4, 0.5) is 5.69 Å². The second kappa shape index (κ2) is 11.0. The van der Waals surface area contributed by atoms with Crippen LogP contribution in [0.2, 0.25) is 0 Å². The highest BCUT2D eigenvalue weighted by Crippen LogP contribution is 2.32. The summed E-state index contributed by atoms with van der Waals surface area (Å²) in [5.41, 5.74) is 4.71. The molecule has 0 unspecified atom stereocenters. The Kier molecular flexibility index (Phi) is 7.04. The molecule has 0 atom stereocenters. The van der Waals surface area contributed by atoms with Gasteiger partial charge in [-0.1, -0.05) is 41.6 Å². The van der Waals surface area contributed by atoms with Crippen molar-refractivity contribution in [1.82, 2.24) is 20.1 Å². The third-order valence-corrected chi connectivity index (χ3v) is 9.16. The van der Waals surface area contributed by atoms with Crippen molar-refractivity contribution >= 4 is 27.0 Å². The van der Waals surface area contributed by atoms with Gasteiger partial charge in [-0.3, -0.25) is 9.29 Å². The topological polar surface area (TPSA) is 111 Å². The van der Waals surface area contributed by atoms with Crippen molar-refractivity contribution in [3.63, 3.8) is 0 Å². The molecule has 0 spiro atoms. The van der Waals surface area contributed by atoms with E-state index in [1.807, 2.05) is 41.8 Å². The first-order valence-corrected chi connectivity index (χ1v) is 14.8. The van der Waals surface area contributed by atoms with Crippen molar-refractivity contribution in [2.45, 2.75) is 4.90 Å². The van der Waals surface area contributed by atoms with E-state index in [1.165, 1.54) is 30.6 Å². The predicted octanol–water partition coefficient (Wildman–Crippen LogP) is 6.42. The molecule has 3 aromatic heterocycles. The minimum Gasteiger partial charge on any atom is -0.495 e. The molecule has 0 amide bonds. The van der Waals surface area contributed by atoms with Gasteiger partial charge >= 0.3 is 0 Å². The van der Waals surface area contributed by atoms with Crippen LogP contribution >= 0.6 is 11.3 Å². The van der Waals surface area contributed by atoms with Gasteiger partial charge in [0.05, 0.1) is 23.4 Å². The second-order valence-electron chi connectivity index (χ2n) is 8.94. The van der Waals surface area contributed by atoms with Crippen molar-refractivity contribution < 1.29 is 17.7 Å². The molecular weight excluding hydrogens is 558 g/mol. The molecule has 41 heavy (non-hydrogen) atoms. The first-order chi connectivity index (χ1) is 19.9. The van der Waals surface area contributed by atoms with Gasteiger partial charge in [-0.25, -0.2) is 13.4 Å². The maximum atomic E-state index is 13.3. The zero-order chi connectivity index (χ0) is 28.4. The maximum Gasteiger partial charge on any atom is 0.264 e. The predicted molar refractivity (Wildman–Crippen MR) is 158 cm³/mol. The van der Waals surface area contributed by atoms with Gasteiger partial charge in [0.25, 0.3) is 15.9 Å². The number of anilines is 1. The number of hydrogen-bond donors (Lipinski definition) is 0. The summed E-state index contributed by atoms with van der Waals surface area (Å²) >= 11 is 1.58. The molecule has 0 fully saturated rings. The number of hydrogen-bond acceptors (Lipinski definition) is 9. The lowest BCUT2D eigenvalue weighted by atomic mass is 10.1. The van der Waals surface area contributed by atoms with Crippen LogP contribution in [0.15, 0.2) is 112 Å². The van der Waals surface area contributed by atoms with Crippen LogP contribution in [0, 0.1) is 0 Å². The van der Waals surface area contributed by atoms with E-state index in [9.17, 15) is 8.42 Å². The van der Waals surface area contributed by atoms with Crippen molar-refractivity contribution in [3.8, 4) is 50.4 Å². The summed E-state index contributed by atoms with van der Waals surface area (Å²) in [7, 11) is -0.830. The Morgan fingerprint density at radius 1 is 0.805 bits per heavy atom. The second-order valence-corrected chi connectivity index (χ2v) is 11.8. The molecule has 6 rings (SSSR count). The molecule has 0 bridgehead atoms. The number of thiazole rings is 1. The van der Waals surface area contributed by atoms with E-state index in [0.29, 0.717) is 22.8 Å². The van der Waals surface area contributed by atoms with Gasteiger partial charge in [-0.15, -0.1) is 11.3 Å². The highest BCUT2D eigenvalue weighted by molar-refractivity contribution is 7.92. The summed E-state index contributed by atoms with van der Waals surface area (Å²) in [4.78, 5) is 13.4. The van der Waals surface area contributed by atoms with Gasteiger partial charge in [0, 0.05) is 47.1 Å². The van der Waals surface area contributed by atoms with Crippen LogP contribution in [0.3, 0.4) is 0 Å². The van der Waals surface area contributed by atoms with Crippen LogP contribution in [-0.4, -0.2) is 42.7 Å². The fraction of sp³-hybridized carbons (Fsp3) is 0.0667. The van der Waals surface area contributed by atoms with Gasteiger partial charge < -0.3 is 9.26 Å². The fourth-order valence-corrected chi connectivity index (χ4v) is 6.27. The molecule has 0 saturated heterocycles. The molecule has 3 heterocycles. The minimum absolute atomic E-state index is 0.124. The molecule has 0 N–H and O–H groups in total. The highest BCUT2D eigenvalue weighted by Gasteiger charge is 2.24. The summed E-state index contributed by atoms with van der Waals surface area (Å²) in [6.45, 7) is 0. The molecule has 0 saturated carbocycles. The van der Waals surface area contributed by atoms with Crippen LogP contribution in [0.1, 0.15) is 0 Å². The monoisotopic (exact) mass is 581 g/mol. The van der Waals surface area contributed by atoms with Crippen LogP contribution < -0.4 is 9.04 Å². The molecular formula is C30H23N5O4S2. The zero-order valence-corrected chi connectivity index (χ0v) is 23.6. The average molecular weight is 582 g/mol. The number of sulfonamides is 1. The summed E-state index contributed by atoms with van der Waals surface area (Å²) in [5.74, 6) is 1.17. The normalized spacial score (nSPS) is 11.4. The summed E-state index contributed by atoms with van der Waals surface area (Å²) < 4.78 is 38.5. The fourth-order valence-electron chi connectivity index (χ4n) is 4.23. The number of rotatable bonds is 8. The number of nitrogens with zero attached hydrogens (tertiary/aromatic N) is 5. The van der Waals surface area contributed by atoms with E-state index in [-0.39, 0.29) is 10.8 Å². The molecule has 204 valence electrons. The minimum atomic E-state index is -3.82. The van der Waals surface area contributed by atoms with Crippen molar-refractivity contribution in [2.75, 3.05) is 18.5 Å². The van der Waals surface area contributed by atoms with Crippen molar-refractivity contribution in [1.29, 1.82) is 0 Å². The average Bonchev–Trinajstić information content (AvgIpc) is 3.72. The lowest BCUT2D eigenvalue weighted by Gasteiger charge is -2.21. The third-order valence-electron chi connectivity index (χ3n) is 6.48. The van der Waals surface area contributed by atoms with E-state index in [2.05, 4.69) is 15.1 Å². The summed E-state index contributed by atoms with van der Waals surface area (Å²) in [5, 5.41) is 7.07. The smallest absolute Gasteiger partial charge is 0.264 e. The molecule has 6 aromatic rings.